The van der Waals surface area contributed by atoms with Gasteiger partial charge in [0.1, 0.15) is 0 Å². The highest BCUT2D eigenvalue weighted by Crippen LogP contribution is 2.06. The third kappa shape index (κ3) is 13.2. The fraction of sp³-hybridized carbons (Fsp3) is 1.00. The molecule has 0 aromatic heterocycles. The monoisotopic (exact) mass is 266 g/mol. The van der Waals surface area contributed by atoms with E-state index in [1.807, 2.05) is 0 Å². The van der Waals surface area contributed by atoms with Crippen molar-refractivity contribution < 1.29 is 10.2 Å². The Labute approximate surface area is 99.4 Å². The van der Waals surface area contributed by atoms with E-state index in [-0.39, 0.29) is 11.8 Å². The number of hydrogen-bond acceptors (Lipinski definition) is 4. The van der Waals surface area contributed by atoms with Gasteiger partial charge in [0.15, 0.2) is 0 Å². The SMILES string of the molecule is CS.OC(CCl)CSCC(O)CCl. The zero-order valence-corrected chi connectivity index (χ0v) is 10.7. The maximum absolute atomic E-state index is 8.98. The smallest absolute Gasteiger partial charge is 0.0765 e. The Morgan fingerprint density at radius 3 is 1.62 bits per heavy atom. The van der Waals surface area contributed by atoms with Gasteiger partial charge in [0.05, 0.1) is 12.2 Å². The van der Waals surface area contributed by atoms with E-state index >= 15 is 0 Å². The molecule has 2 atom stereocenters. The quantitative estimate of drug-likeness (QED) is 0.504. The zero-order chi connectivity index (χ0) is 10.7. The molecule has 0 aliphatic heterocycles. The molecule has 2 nitrogen and oxygen atoms in total. The summed E-state index contributed by atoms with van der Waals surface area (Å²) in [6, 6.07) is 0. The van der Waals surface area contributed by atoms with E-state index in [0.717, 1.165) is 0 Å². The number of alkyl halides is 2. The van der Waals surface area contributed by atoms with Gasteiger partial charge in [0, 0.05) is 23.3 Å². The molecule has 82 valence electrons. The first-order chi connectivity index (χ1) is 6.20. The molecule has 0 spiro atoms. The number of aliphatic hydroxyl groups excluding tert-OH is 2. The minimum atomic E-state index is -0.482. The van der Waals surface area contributed by atoms with Crippen molar-refractivity contribution in [1.82, 2.24) is 0 Å². The lowest BCUT2D eigenvalue weighted by molar-refractivity contribution is 0.218. The first kappa shape index (κ1) is 16.6. The molecule has 0 amide bonds. The Bertz CT molecular complexity index is 88.6. The van der Waals surface area contributed by atoms with Crippen LogP contribution in [0.1, 0.15) is 0 Å². The molecule has 2 N–H and O–H groups in total. The van der Waals surface area contributed by atoms with Crippen molar-refractivity contribution in [2.24, 2.45) is 0 Å². The van der Waals surface area contributed by atoms with Crippen molar-refractivity contribution in [3.63, 3.8) is 0 Å². The van der Waals surface area contributed by atoms with Gasteiger partial charge in [0.2, 0.25) is 0 Å². The van der Waals surface area contributed by atoms with Gasteiger partial charge < -0.3 is 10.2 Å². The van der Waals surface area contributed by atoms with E-state index in [4.69, 9.17) is 33.4 Å². The average molecular weight is 267 g/mol. The molecule has 0 saturated carbocycles. The number of thiol groups is 1. The molecule has 13 heavy (non-hydrogen) atoms. The summed E-state index contributed by atoms with van der Waals surface area (Å²) >= 11 is 15.7. The van der Waals surface area contributed by atoms with Gasteiger partial charge >= 0.3 is 0 Å². The topological polar surface area (TPSA) is 40.5 Å². The Morgan fingerprint density at radius 1 is 1.08 bits per heavy atom. The third-order valence-corrected chi connectivity index (χ3v) is 2.93. The van der Waals surface area contributed by atoms with Crippen molar-refractivity contribution in [3.8, 4) is 0 Å². The van der Waals surface area contributed by atoms with Gasteiger partial charge in [-0.15, -0.1) is 23.2 Å². The molecule has 0 fully saturated rings. The molecule has 0 aliphatic carbocycles. The summed E-state index contributed by atoms with van der Waals surface area (Å²) in [6.07, 6.45) is 0.730. The predicted molar refractivity (Wildman–Crippen MR) is 65.7 cm³/mol. The molecule has 0 aromatic carbocycles. The van der Waals surface area contributed by atoms with Crippen LogP contribution in [0, 0.1) is 0 Å². The van der Waals surface area contributed by atoms with E-state index in [0.29, 0.717) is 11.5 Å². The van der Waals surface area contributed by atoms with Crippen molar-refractivity contribution in [2.45, 2.75) is 12.2 Å². The van der Waals surface area contributed by atoms with E-state index in [1.165, 1.54) is 11.8 Å². The van der Waals surface area contributed by atoms with E-state index in [2.05, 4.69) is 12.6 Å². The summed E-state index contributed by atoms with van der Waals surface area (Å²) in [6.45, 7) is 0. The Balaban J connectivity index is 0. The molecule has 0 radical (unpaired) electrons. The van der Waals surface area contributed by atoms with Crippen LogP contribution in [0.4, 0.5) is 0 Å². The second kappa shape index (κ2) is 13.2. The molecule has 0 bridgehead atoms. The Morgan fingerprint density at radius 2 is 1.38 bits per heavy atom. The minimum absolute atomic E-state index is 0.240. The minimum Gasteiger partial charge on any atom is -0.391 e. The van der Waals surface area contributed by atoms with Crippen LogP contribution in [-0.2, 0) is 0 Å². The van der Waals surface area contributed by atoms with Crippen LogP contribution >= 0.6 is 47.6 Å². The molecule has 0 aromatic rings. The Hall–Kier alpha value is 1.20. The van der Waals surface area contributed by atoms with Gasteiger partial charge in [-0.25, -0.2) is 0 Å². The Kier molecular flexibility index (Phi) is 16.9. The number of halogens is 2. The van der Waals surface area contributed by atoms with Crippen LogP contribution in [0.15, 0.2) is 0 Å². The second-order valence-corrected chi connectivity index (χ2v) is 3.85. The number of thioether (sulfide) groups is 1. The number of hydrogen-bond donors (Lipinski definition) is 3. The summed E-state index contributed by atoms with van der Waals surface area (Å²) in [4.78, 5) is 0. The van der Waals surface area contributed by atoms with Crippen molar-refractivity contribution in [2.75, 3.05) is 29.5 Å². The lowest BCUT2D eigenvalue weighted by Gasteiger charge is -2.08. The van der Waals surface area contributed by atoms with Crippen LogP contribution in [0.5, 0.6) is 0 Å². The highest BCUT2D eigenvalue weighted by Gasteiger charge is 2.05. The summed E-state index contributed by atoms with van der Waals surface area (Å²) in [5.41, 5.74) is 0. The molecular formula is C7H16Cl2O2S2. The number of aliphatic hydroxyl groups is 2. The fourth-order valence-corrected chi connectivity index (χ4v) is 1.82. The van der Waals surface area contributed by atoms with Gasteiger partial charge in [-0.1, -0.05) is 0 Å². The van der Waals surface area contributed by atoms with Gasteiger partial charge in [-0.05, 0) is 6.26 Å². The highest BCUT2D eigenvalue weighted by atomic mass is 35.5. The standard InChI is InChI=1S/C6H12Cl2O2S.CH4S/c7-1-5(9)3-11-4-6(10)2-8;1-2/h5-6,9-10H,1-4H2;2H,1H3. The summed E-state index contributed by atoms with van der Waals surface area (Å²) in [5, 5.41) is 18.0. The first-order valence-corrected chi connectivity index (χ1v) is 6.83. The maximum atomic E-state index is 8.98. The molecule has 0 aliphatic rings. The van der Waals surface area contributed by atoms with Crippen LogP contribution in [0.2, 0.25) is 0 Å². The van der Waals surface area contributed by atoms with Crippen LogP contribution < -0.4 is 0 Å². The molecule has 0 heterocycles. The van der Waals surface area contributed by atoms with Crippen molar-refractivity contribution >= 4 is 47.6 Å². The van der Waals surface area contributed by atoms with E-state index in [9.17, 15) is 0 Å². The summed E-state index contributed by atoms with van der Waals surface area (Å²) in [7, 11) is 0. The third-order valence-electron chi connectivity index (χ3n) is 0.977. The van der Waals surface area contributed by atoms with E-state index < -0.39 is 12.2 Å². The van der Waals surface area contributed by atoms with Gasteiger partial charge in [-0.2, -0.15) is 24.4 Å². The molecular weight excluding hydrogens is 251 g/mol. The summed E-state index contributed by atoms with van der Waals surface area (Å²) in [5.74, 6) is 1.59. The zero-order valence-electron chi connectivity index (χ0n) is 7.49. The van der Waals surface area contributed by atoms with Crippen LogP contribution in [-0.4, -0.2) is 51.9 Å². The lowest BCUT2D eigenvalue weighted by atomic mass is 10.5. The van der Waals surface area contributed by atoms with Crippen molar-refractivity contribution in [3.05, 3.63) is 0 Å². The van der Waals surface area contributed by atoms with Crippen molar-refractivity contribution in [1.29, 1.82) is 0 Å². The number of rotatable bonds is 6. The second-order valence-electron chi connectivity index (χ2n) is 2.15. The average Bonchev–Trinajstić information content (AvgIpc) is 2.20. The normalized spacial score (nSPS) is 14.3. The molecule has 0 saturated heterocycles. The maximum Gasteiger partial charge on any atom is 0.0765 e. The van der Waals surface area contributed by atoms with Crippen LogP contribution in [0.3, 0.4) is 0 Å². The highest BCUT2D eigenvalue weighted by molar-refractivity contribution is 7.99. The van der Waals surface area contributed by atoms with Crippen LogP contribution in [0.25, 0.3) is 0 Å². The molecule has 0 rings (SSSR count). The molecule has 2 unspecified atom stereocenters. The lowest BCUT2D eigenvalue weighted by Crippen LogP contribution is -2.16. The van der Waals surface area contributed by atoms with Gasteiger partial charge in [0.25, 0.3) is 0 Å². The summed E-state index contributed by atoms with van der Waals surface area (Å²) < 4.78 is 0. The first-order valence-electron chi connectivity index (χ1n) is 3.71. The largest absolute Gasteiger partial charge is 0.391 e. The molecule has 6 heteroatoms. The fourth-order valence-electron chi connectivity index (χ4n) is 0.429. The predicted octanol–water partition coefficient (Wildman–Crippen LogP) is 1.46. The van der Waals surface area contributed by atoms with E-state index in [1.54, 1.807) is 6.26 Å². The van der Waals surface area contributed by atoms with Gasteiger partial charge in [-0.3, -0.25) is 0 Å².